The van der Waals surface area contributed by atoms with Gasteiger partial charge in [-0.15, -0.1) is 0 Å². The van der Waals surface area contributed by atoms with Gasteiger partial charge in [0.2, 0.25) is 0 Å². The predicted octanol–water partition coefficient (Wildman–Crippen LogP) is 2.50. The molecule has 0 heterocycles. The fourth-order valence-corrected chi connectivity index (χ4v) is 1.99. The van der Waals surface area contributed by atoms with Crippen LogP contribution in [0.3, 0.4) is 0 Å². The Morgan fingerprint density at radius 1 is 1.35 bits per heavy atom. The molecule has 0 aromatic heterocycles. The molecule has 2 unspecified atom stereocenters. The van der Waals surface area contributed by atoms with E-state index in [1.54, 1.807) is 7.11 Å². The van der Waals surface area contributed by atoms with Crippen molar-refractivity contribution in [3.05, 3.63) is 34.3 Å². The Labute approximate surface area is 111 Å². The van der Waals surface area contributed by atoms with Gasteiger partial charge in [-0.25, -0.2) is 0 Å². The van der Waals surface area contributed by atoms with Crippen molar-refractivity contribution in [1.82, 2.24) is 5.32 Å². The molecule has 0 aliphatic carbocycles. The highest BCUT2D eigenvalue weighted by Crippen LogP contribution is 2.19. The van der Waals surface area contributed by atoms with E-state index in [1.165, 1.54) is 5.56 Å². The lowest BCUT2D eigenvalue weighted by atomic mass is 10.0. The Morgan fingerprint density at radius 3 is 2.53 bits per heavy atom. The number of methoxy groups -OCH3 is 1. The molecule has 2 atom stereocenters. The molecule has 0 aliphatic rings. The van der Waals surface area contributed by atoms with Crippen LogP contribution in [0.25, 0.3) is 0 Å². The second kappa shape index (κ2) is 7.82. The van der Waals surface area contributed by atoms with Crippen molar-refractivity contribution in [3.63, 3.8) is 0 Å². The van der Waals surface area contributed by atoms with E-state index in [0.29, 0.717) is 13.2 Å². The lowest BCUT2D eigenvalue weighted by Gasteiger charge is -2.19. The Kier molecular flexibility index (Phi) is 6.73. The van der Waals surface area contributed by atoms with Gasteiger partial charge in [-0.3, -0.25) is 0 Å². The van der Waals surface area contributed by atoms with Gasteiger partial charge in [-0.2, -0.15) is 0 Å². The fraction of sp³-hybridized carbons (Fsp3) is 0.538. The second-order valence-corrected chi connectivity index (χ2v) is 4.95. The van der Waals surface area contributed by atoms with Gasteiger partial charge in [-0.1, -0.05) is 35.0 Å². The van der Waals surface area contributed by atoms with Crippen LogP contribution in [0.4, 0.5) is 0 Å². The Morgan fingerprint density at radius 2 is 2.00 bits per heavy atom. The van der Waals surface area contributed by atoms with Crippen molar-refractivity contribution in [2.24, 2.45) is 0 Å². The topological polar surface area (TPSA) is 41.5 Å². The number of hydrogen-bond acceptors (Lipinski definition) is 3. The highest BCUT2D eigenvalue weighted by molar-refractivity contribution is 9.10. The van der Waals surface area contributed by atoms with Gasteiger partial charge < -0.3 is 15.2 Å². The Balaban J connectivity index is 2.51. The third kappa shape index (κ3) is 5.17. The molecule has 0 spiro atoms. The van der Waals surface area contributed by atoms with Crippen LogP contribution in [0.1, 0.15) is 24.9 Å². The number of halogens is 1. The molecule has 2 N–H and O–H groups in total. The van der Waals surface area contributed by atoms with E-state index < -0.39 is 6.10 Å². The maximum Gasteiger partial charge on any atom is 0.0897 e. The van der Waals surface area contributed by atoms with Crippen LogP contribution < -0.4 is 5.32 Å². The van der Waals surface area contributed by atoms with Crippen molar-refractivity contribution in [1.29, 1.82) is 0 Å². The molecular weight excluding hydrogens is 282 g/mol. The van der Waals surface area contributed by atoms with Crippen LogP contribution in [0.15, 0.2) is 28.7 Å². The molecule has 0 radical (unpaired) electrons. The van der Waals surface area contributed by atoms with Crippen molar-refractivity contribution in [2.45, 2.75) is 25.5 Å². The van der Waals surface area contributed by atoms with E-state index in [9.17, 15) is 5.11 Å². The number of nitrogens with one attached hydrogen (secondary N) is 1. The van der Waals surface area contributed by atoms with Gasteiger partial charge >= 0.3 is 0 Å². The number of aliphatic hydroxyl groups excluding tert-OH is 1. The summed E-state index contributed by atoms with van der Waals surface area (Å²) in [5, 5.41) is 12.9. The molecule has 3 nitrogen and oxygen atoms in total. The molecular formula is C13H20BrNO2. The lowest BCUT2D eigenvalue weighted by Crippen LogP contribution is -2.32. The largest absolute Gasteiger partial charge is 0.389 e. The number of ether oxygens (including phenoxy) is 1. The zero-order valence-electron chi connectivity index (χ0n) is 10.3. The van der Waals surface area contributed by atoms with Crippen LogP contribution in [0.2, 0.25) is 0 Å². The monoisotopic (exact) mass is 301 g/mol. The number of benzene rings is 1. The molecule has 0 saturated carbocycles. The summed E-state index contributed by atoms with van der Waals surface area (Å²) in [5.41, 5.74) is 1.24. The minimum Gasteiger partial charge on any atom is -0.389 e. The van der Waals surface area contributed by atoms with Crippen molar-refractivity contribution >= 4 is 15.9 Å². The molecule has 0 amide bonds. The Hall–Kier alpha value is -0.420. The van der Waals surface area contributed by atoms with Crippen molar-refractivity contribution in [3.8, 4) is 0 Å². The number of hydrogen-bond donors (Lipinski definition) is 2. The standard InChI is InChI=1S/C13H20BrNO2/c1-3-13(15-8-12(16)9-17-2)10-4-6-11(14)7-5-10/h4-7,12-13,15-16H,3,8-9H2,1-2H3. The molecule has 1 aromatic carbocycles. The SMILES string of the molecule is CCC(NCC(O)COC)c1ccc(Br)cc1. The minimum atomic E-state index is -0.454. The van der Waals surface area contributed by atoms with Crippen LogP contribution in [0.5, 0.6) is 0 Å². The first-order valence-electron chi connectivity index (χ1n) is 5.83. The molecule has 0 bridgehead atoms. The zero-order valence-corrected chi connectivity index (χ0v) is 11.9. The van der Waals surface area contributed by atoms with E-state index >= 15 is 0 Å². The number of aliphatic hydroxyl groups is 1. The van der Waals surface area contributed by atoms with Crippen molar-refractivity contribution < 1.29 is 9.84 Å². The highest BCUT2D eigenvalue weighted by Gasteiger charge is 2.11. The average molecular weight is 302 g/mol. The fourth-order valence-electron chi connectivity index (χ4n) is 1.72. The van der Waals surface area contributed by atoms with Crippen LogP contribution >= 0.6 is 15.9 Å². The van der Waals surface area contributed by atoms with Crippen molar-refractivity contribution in [2.75, 3.05) is 20.3 Å². The maximum absolute atomic E-state index is 9.59. The third-order valence-electron chi connectivity index (χ3n) is 2.64. The first-order valence-corrected chi connectivity index (χ1v) is 6.62. The normalized spacial score (nSPS) is 14.6. The van der Waals surface area contributed by atoms with Gasteiger partial charge in [0.05, 0.1) is 12.7 Å². The van der Waals surface area contributed by atoms with Crippen LogP contribution in [0, 0.1) is 0 Å². The smallest absolute Gasteiger partial charge is 0.0897 e. The molecule has 17 heavy (non-hydrogen) atoms. The summed E-state index contributed by atoms with van der Waals surface area (Å²) in [4.78, 5) is 0. The summed E-state index contributed by atoms with van der Waals surface area (Å²) in [6, 6.07) is 8.52. The quantitative estimate of drug-likeness (QED) is 0.813. The van der Waals surface area contributed by atoms with Gasteiger partial charge in [0, 0.05) is 24.2 Å². The van der Waals surface area contributed by atoms with Gasteiger partial charge in [0.15, 0.2) is 0 Å². The average Bonchev–Trinajstić information content (AvgIpc) is 2.32. The first kappa shape index (κ1) is 14.6. The van der Waals surface area contributed by atoms with E-state index in [-0.39, 0.29) is 6.04 Å². The molecule has 96 valence electrons. The molecule has 0 fully saturated rings. The van der Waals surface area contributed by atoms with Crippen LogP contribution in [-0.4, -0.2) is 31.5 Å². The summed E-state index contributed by atoms with van der Waals surface area (Å²) < 4.78 is 5.97. The third-order valence-corrected chi connectivity index (χ3v) is 3.17. The second-order valence-electron chi connectivity index (χ2n) is 4.03. The molecule has 0 saturated heterocycles. The number of rotatable bonds is 7. The van der Waals surface area contributed by atoms with Gasteiger partial charge in [-0.05, 0) is 24.1 Å². The maximum atomic E-state index is 9.59. The molecule has 4 heteroatoms. The van der Waals surface area contributed by atoms with Gasteiger partial charge in [0.25, 0.3) is 0 Å². The first-order chi connectivity index (χ1) is 8.17. The highest BCUT2D eigenvalue weighted by atomic mass is 79.9. The summed E-state index contributed by atoms with van der Waals surface area (Å²) >= 11 is 3.42. The van der Waals surface area contributed by atoms with Gasteiger partial charge in [0.1, 0.15) is 0 Å². The molecule has 1 rings (SSSR count). The van der Waals surface area contributed by atoms with E-state index in [2.05, 4.69) is 40.3 Å². The van der Waals surface area contributed by atoms with E-state index in [0.717, 1.165) is 10.9 Å². The molecule has 0 aliphatic heterocycles. The summed E-state index contributed by atoms with van der Waals surface area (Å²) in [6.45, 7) is 3.04. The minimum absolute atomic E-state index is 0.273. The summed E-state index contributed by atoms with van der Waals surface area (Å²) in [5.74, 6) is 0. The predicted molar refractivity (Wildman–Crippen MR) is 73.1 cm³/mol. The Bertz CT molecular complexity index is 316. The summed E-state index contributed by atoms with van der Waals surface area (Å²) in [7, 11) is 1.59. The zero-order chi connectivity index (χ0) is 12.7. The summed E-state index contributed by atoms with van der Waals surface area (Å²) in [6.07, 6.45) is 0.533. The lowest BCUT2D eigenvalue weighted by molar-refractivity contribution is 0.0626. The molecule has 1 aromatic rings. The van der Waals surface area contributed by atoms with E-state index in [1.807, 2.05) is 12.1 Å². The van der Waals surface area contributed by atoms with E-state index in [4.69, 9.17) is 4.74 Å². The van der Waals surface area contributed by atoms with Crippen LogP contribution in [-0.2, 0) is 4.74 Å².